The summed E-state index contributed by atoms with van der Waals surface area (Å²) in [6.07, 6.45) is 1.53. The average molecular weight is 435 g/mol. The molecule has 2 aromatic carbocycles. The van der Waals surface area contributed by atoms with Crippen LogP contribution in [0.4, 0.5) is 5.69 Å². The SMILES string of the molecule is CCn1c(SCC(=O)Nc2ccc(-n3cnnn3)c(C)c2)nnc1-c1ccccc1C. The Bertz CT molecular complexity index is 1200. The molecule has 0 bridgehead atoms. The zero-order valence-corrected chi connectivity index (χ0v) is 18.3. The van der Waals surface area contributed by atoms with E-state index in [1.807, 2.05) is 54.8 Å². The van der Waals surface area contributed by atoms with Gasteiger partial charge in [-0.2, -0.15) is 0 Å². The number of thioether (sulfide) groups is 1. The number of nitrogens with zero attached hydrogens (tertiary/aromatic N) is 7. The van der Waals surface area contributed by atoms with E-state index in [-0.39, 0.29) is 11.7 Å². The van der Waals surface area contributed by atoms with Crippen molar-refractivity contribution in [2.45, 2.75) is 32.5 Å². The van der Waals surface area contributed by atoms with Crippen LogP contribution in [0.15, 0.2) is 53.9 Å². The van der Waals surface area contributed by atoms with Gasteiger partial charge in [0.15, 0.2) is 11.0 Å². The van der Waals surface area contributed by atoms with Gasteiger partial charge in [0.2, 0.25) is 5.91 Å². The first-order valence-electron chi connectivity index (χ1n) is 9.82. The summed E-state index contributed by atoms with van der Waals surface area (Å²) in [5.74, 6) is 0.944. The van der Waals surface area contributed by atoms with Crippen LogP contribution < -0.4 is 5.32 Å². The van der Waals surface area contributed by atoms with E-state index < -0.39 is 0 Å². The van der Waals surface area contributed by atoms with Crippen LogP contribution >= 0.6 is 11.8 Å². The highest BCUT2D eigenvalue weighted by molar-refractivity contribution is 7.99. The predicted molar refractivity (Wildman–Crippen MR) is 119 cm³/mol. The maximum absolute atomic E-state index is 12.5. The van der Waals surface area contributed by atoms with Crippen molar-refractivity contribution in [3.8, 4) is 17.1 Å². The first-order chi connectivity index (χ1) is 15.1. The number of anilines is 1. The van der Waals surface area contributed by atoms with E-state index in [2.05, 4.69) is 44.0 Å². The van der Waals surface area contributed by atoms with E-state index in [1.54, 1.807) is 4.68 Å². The van der Waals surface area contributed by atoms with Gasteiger partial charge in [0, 0.05) is 17.8 Å². The van der Waals surface area contributed by atoms with Crippen molar-refractivity contribution in [2.75, 3.05) is 11.1 Å². The van der Waals surface area contributed by atoms with Crippen LogP contribution in [0, 0.1) is 13.8 Å². The first kappa shape index (κ1) is 20.7. The minimum absolute atomic E-state index is 0.109. The van der Waals surface area contributed by atoms with Crippen molar-refractivity contribution < 1.29 is 4.79 Å². The fraction of sp³-hybridized carbons (Fsp3) is 0.238. The molecule has 2 aromatic heterocycles. The van der Waals surface area contributed by atoms with Gasteiger partial charge in [-0.15, -0.1) is 15.3 Å². The molecule has 0 fully saturated rings. The second kappa shape index (κ2) is 9.09. The van der Waals surface area contributed by atoms with Gasteiger partial charge < -0.3 is 9.88 Å². The largest absolute Gasteiger partial charge is 0.325 e. The minimum Gasteiger partial charge on any atom is -0.325 e. The minimum atomic E-state index is -0.109. The maximum Gasteiger partial charge on any atom is 0.234 e. The Morgan fingerprint density at radius 3 is 2.65 bits per heavy atom. The van der Waals surface area contributed by atoms with Gasteiger partial charge in [-0.1, -0.05) is 36.0 Å². The fourth-order valence-corrected chi connectivity index (χ4v) is 4.09. The number of carbonyl (C=O) groups excluding carboxylic acids is 1. The van der Waals surface area contributed by atoms with Crippen LogP contribution in [0.25, 0.3) is 17.1 Å². The maximum atomic E-state index is 12.5. The monoisotopic (exact) mass is 434 g/mol. The lowest BCUT2D eigenvalue weighted by atomic mass is 10.1. The molecule has 1 amide bonds. The zero-order chi connectivity index (χ0) is 21.8. The lowest BCUT2D eigenvalue weighted by molar-refractivity contribution is -0.113. The Morgan fingerprint density at radius 1 is 1.10 bits per heavy atom. The third-order valence-corrected chi connectivity index (χ3v) is 5.79. The van der Waals surface area contributed by atoms with Gasteiger partial charge >= 0.3 is 0 Å². The average Bonchev–Trinajstić information content (AvgIpc) is 3.42. The molecule has 0 saturated carbocycles. The van der Waals surface area contributed by atoms with Gasteiger partial charge in [-0.3, -0.25) is 4.79 Å². The van der Waals surface area contributed by atoms with Gasteiger partial charge in [-0.05, 0) is 60.5 Å². The number of hydrogen-bond donors (Lipinski definition) is 1. The van der Waals surface area contributed by atoms with E-state index in [0.717, 1.165) is 45.6 Å². The van der Waals surface area contributed by atoms with E-state index in [0.29, 0.717) is 0 Å². The van der Waals surface area contributed by atoms with Crippen molar-refractivity contribution in [1.29, 1.82) is 0 Å². The zero-order valence-electron chi connectivity index (χ0n) is 17.5. The van der Waals surface area contributed by atoms with E-state index >= 15 is 0 Å². The second-order valence-electron chi connectivity index (χ2n) is 6.96. The summed E-state index contributed by atoms with van der Waals surface area (Å²) in [4.78, 5) is 12.5. The number of carbonyl (C=O) groups is 1. The number of aromatic nitrogens is 7. The van der Waals surface area contributed by atoms with Crippen LogP contribution in [0.3, 0.4) is 0 Å². The topological polar surface area (TPSA) is 103 Å². The Morgan fingerprint density at radius 2 is 1.94 bits per heavy atom. The van der Waals surface area contributed by atoms with Crippen LogP contribution in [0.2, 0.25) is 0 Å². The number of tetrazole rings is 1. The molecule has 2 heterocycles. The van der Waals surface area contributed by atoms with Crippen LogP contribution in [0.5, 0.6) is 0 Å². The quantitative estimate of drug-likeness (QED) is 0.445. The Hall–Kier alpha value is -3.53. The molecular weight excluding hydrogens is 412 g/mol. The van der Waals surface area contributed by atoms with Crippen LogP contribution in [0.1, 0.15) is 18.1 Å². The van der Waals surface area contributed by atoms with Gasteiger partial charge in [0.05, 0.1) is 11.4 Å². The Labute approximate surface area is 183 Å². The standard InChI is InChI=1S/C21H22N8OS/c1-4-28-20(17-8-6-5-7-14(17)2)24-25-21(28)31-12-19(30)23-16-9-10-18(15(3)11-16)29-13-22-26-27-29/h5-11,13H,4,12H2,1-3H3,(H,23,30). The summed E-state index contributed by atoms with van der Waals surface area (Å²) in [5.41, 5.74) is 4.71. The number of rotatable bonds is 7. The van der Waals surface area contributed by atoms with Gasteiger partial charge in [0.1, 0.15) is 6.33 Å². The molecular formula is C21H22N8OS. The number of nitrogens with one attached hydrogen (secondary N) is 1. The molecule has 0 aliphatic carbocycles. The molecule has 10 heteroatoms. The molecule has 0 spiro atoms. The summed E-state index contributed by atoms with van der Waals surface area (Å²) in [7, 11) is 0. The van der Waals surface area contributed by atoms with E-state index in [1.165, 1.54) is 18.1 Å². The molecule has 0 aliphatic heterocycles. The normalized spacial score (nSPS) is 10.9. The lowest BCUT2D eigenvalue weighted by Crippen LogP contribution is -2.15. The van der Waals surface area contributed by atoms with Crippen LogP contribution in [-0.4, -0.2) is 46.6 Å². The summed E-state index contributed by atoms with van der Waals surface area (Å²) >= 11 is 1.37. The first-order valence-corrected chi connectivity index (χ1v) is 10.8. The third-order valence-electron chi connectivity index (χ3n) is 4.83. The van der Waals surface area contributed by atoms with E-state index in [9.17, 15) is 4.79 Å². The number of benzene rings is 2. The summed E-state index contributed by atoms with van der Waals surface area (Å²) in [6, 6.07) is 13.7. The molecule has 1 N–H and O–H groups in total. The predicted octanol–water partition coefficient (Wildman–Crippen LogP) is 3.29. The van der Waals surface area contributed by atoms with Gasteiger partial charge in [-0.25, -0.2) is 4.68 Å². The van der Waals surface area contributed by atoms with Crippen molar-refractivity contribution in [3.05, 3.63) is 59.9 Å². The Balaban J connectivity index is 1.43. The van der Waals surface area contributed by atoms with Gasteiger partial charge in [0.25, 0.3) is 0 Å². The molecule has 4 rings (SSSR count). The highest BCUT2D eigenvalue weighted by atomic mass is 32.2. The molecule has 0 unspecified atom stereocenters. The molecule has 0 saturated heterocycles. The summed E-state index contributed by atoms with van der Waals surface area (Å²) in [6.45, 7) is 6.76. The smallest absolute Gasteiger partial charge is 0.234 e. The van der Waals surface area contributed by atoms with Crippen molar-refractivity contribution in [3.63, 3.8) is 0 Å². The van der Waals surface area contributed by atoms with Crippen LogP contribution in [-0.2, 0) is 11.3 Å². The second-order valence-corrected chi connectivity index (χ2v) is 7.90. The lowest BCUT2D eigenvalue weighted by Gasteiger charge is -2.10. The molecule has 9 nitrogen and oxygen atoms in total. The highest BCUT2D eigenvalue weighted by Crippen LogP contribution is 2.26. The van der Waals surface area contributed by atoms with Crippen molar-refractivity contribution in [2.24, 2.45) is 0 Å². The molecule has 0 radical (unpaired) electrons. The molecule has 158 valence electrons. The molecule has 31 heavy (non-hydrogen) atoms. The van der Waals surface area contributed by atoms with Crippen molar-refractivity contribution >= 4 is 23.4 Å². The number of aryl methyl sites for hydroxylation is 2. The summed E-state index contributed by atoms with van der Waals surface area (Å²) < 4.78 is 3.62. The molecule has 4 aromatic rings. The highest BCUT2D eigenvalue weighted by Gasteiger charge is 2.16. The number of amides is 1. The molecule has 0 aliphatic rings. The Kier molecular flexibility index (Phi) is 6.08. The number of hydrogen-bond acceptors (Lipinski definition) is 7. The fourth-order valence-electron chi connectivity index (χ4n) is 3.29. The third kappa shape index (κ3) is 4.48. The molecule has 0 atom stereocenters. The summed E-state index contributed by atoms with van der Waals surface area (Å²) in [5, 5.41) is 23.5. The van der Waals surface area contributed by atoms with Crippen molar-refractivity contribution in [1.82, 2.24) is 35.0 Å². The van der Waals surface area contributed by atoms with E-state index in [4.69, 9.17) is 0 Å².